The van der Waals surface area contributed by atoms with Crippen LogP contribution in [0, 0.1) is 3.57 Å². The third kappa shape index (κ3) is 3.17. The molecule has 0 aliphatic heterocycles. The van der Waals surface area contributed by atoms with Gasteiger partial charge in [-0.15, -0.1) is 0 Å². The number of hydrogen-bond acceptors (Lipinski definition) is 2. The van der Waals surface area contributed by atoms with Gasteiger partial charge in [-0.05, 0) is 62.4 Å². The average Bonchev–Trinajstić information content (AvgIpc) is 2.16. The second kappa shape index (κ2) is 5.61. The maximum absolute atomic E-state index is 12.2. The average molecular weight is 332 g/mol. The minimum Gasteiger partial charge on any atom is -0.332 e. The number of carbonyl (C=O) groups excluding carboxylic acids is 1. The molecule has 0 radical (unpaired) electrons. The third-order valence-corrected chi connectivity index (χ3v) is 2.96. The molecule has 0 spiro atoms. The van der Waals surface area contributed by atoms with Gasteiger partial charge < -0.3 is 4.90 Å². The highest BCUT2D eigenvalue weighted by molar-refractivity contribution is 14.1. The predicted octanol–water partition coefficient (Wildman–Crippen LogP) is 2.95. The Morgan fingerprint density at radius 1 is 1.31 bits per heavy atom. The number of nitrogens with zero attached hydrogens (tertiary/aromatic N) is 2. The molecule has 3 nitrogen and oxygen atoms in total. The van der Waals surface area contributed by atoms with Crippen LogP contribution in [-0.2, 0) is 0 Å². The predicted molar refractivity (Wildman–Crippen MR) is 73.4 cm³/mol. The molecule has 0 N–H and O–H groups in total. The molecule has 0 unspecified atom stereocenters. The monoisotopic (exact) mass is 332 g/mol. The summed E-state index contributed by atoms with van der Waals surface area (Å²) in [5.41, 5.74) is 0.522. The largest absolute Gasteiger partial charge is 0.332 e. The topological polar surface area (TPSA) is 33.2 Å². The molecule has 1 heterocycles. The molecule has 0 aromatic carbocycles. The van der Waals surface area contributed by atoms with Crippen molar-refractivity contribution in [1.29, 1.82) is 0 Å². The zero-order valence-corrected chi connectivity index (χ0v) is 12.2. The van der Waals surface area contributed by atoms with Gasteiger partial charge in [-0.25, -0.2) is 0 Å². The lowest BCUT2D eigenvalue weighted by Gasteiger charge is -2.30. The summed E-state index contributed by atoms with van der Waals surface area (Å²) in [6.45, 7) is 8.08. The lowest BCUT2D eigenvalue weighted by atomic mass is 10.2. The van der Waals surface area contributed by atoms with Crippen molar-refractivity contribution >= 4 is 28.5 Å². The summed E-state index contributed by atoms with van der Waals surface area (Å²) in [6, 6.07) is 4.08. The Kier molecular flexibility index (Phi) is 4.70. The van der Waals surface area contributed by atoms with E-state index in [0.29, 0.717) is 5.69 Å². The number of aromatic nitrogens is 1. The fourth-order valence-electron chi connectivity index (χ4n) is 1.72. The van der Waals surface area contributed by atoms with Gasteiger partial charge in [-0.3, -0.25) is 9.78 Å². The van der Waals surface area contributed by atoms with E-state index in [1.165, 1.54) is 0 Å². The Labute approximate surface area is 110 Å². The number of halogens is 1. The Balaban J connectivity index is 2.99. The Morgan fingerprint density at radius 3 is 2.31 bits per heavy atom. The van der Waals surface area contributed by atoms with Crippen LogP contribution in [0.25, 0.3) is 0 Å². The molecule has 0 atom stereocenters. The van der Waals surface area contributed by atoms with Crippen LogP contribution in [0.2, 0.25) is 0 Å². The van der Waals surface area contributed by atoms with E-state index in [4.69, 9.17) is 0 Å². The van der Waals surface area contributed by atoms with Gasteiger partial charge in [-0.2, -0.15) is 0 Å². The Hall–Kier alpha value is -0.650. The van der Waals surface area contributed by atoms with Crippen molar-refractivity contribution in [3.05, 3.63) is 27.6 Å². The summed E-state index contributed by atoms with van der Waals surface area (Å²) in [6.07, 6.45) is 1.67. The van der Waals surface area contributed by atoms with Crippen molar-refractivity contribution in [2.24, 2.45) is 0 Å². The van der Waals surface area contributed by atoms with Crippen LogP contribution in [0.3, 0.4) is 0 Å². The Bertz CT molecular complexity index is 369. The van der Waals surface area contributed by atoms with E-state index in [9.17, 15) is 4.79 Å². The number of hydrogen-bond donors (Lipinski definition) is 0. The molecule has 0 aliphatic rings. The lowest BCUT2D eigenvalue weighted by Crippen LogP contribution is -2.42. The highest BCUT2D eigenvalue weighted by Crippen LogP contribution is 2.12. The standard InChI is InChI=1S/C12H17IN2O/c1-8(2)15(9(3)4)12(16)11-7-10(13)5-6-14-11/h5-9H,1-4H3. The van der Waals surface area contributed by atoms with Crippen molar-refractivity contribution in [3.63, 3.8) is 0 Å². The zero-order valence-electron chi connectivity index (χ0n) is 10.1. The first kappa shape index (κ1) is 13.4. The highest BCUT2D eigenvalue weighted by atomic mass is 127. The maximum atomic E-state index is 12.2. The number of carbonyl (C=O) groups is 1. The lowest BCUT2D eigenvalue weighted by molar-refractivity contribution is 0.0637. The Morgan fingerprint density at radius 2 is 1.88 bits per heavy atom. The fraction of sp³-hybridized carbons (Fsp3) is 0.500. The van der Waals surface area contributed by atoms with Crippen molar-refractivity contribution in [2.75, 3.05) is 0 Å². The van der Waals surface area contributed by atoms with Crippen LogP contribution in [-0.4, -0.2) is 27.9 Å². The molecule has 1 rings (SSSR count). The van der Waals surface area contributed by atoms with Crippen LogP contribution in [0.1, 0.15) is 38.2 Å². The molecule has 0 fully saturated rings. The van der Waals surface area contributed by atoms with Gasteiger partial charge in [0.05, 0.1) is 0 Å². The second-order valence-electron chi connectivity index (χ2n) is 4.26. The van der Waals surface area contributed by atoms with Gasteiger partial charge in [0.2, 0.25) is 0 Å². The molecule has 4 heteroatoms. The normalized spacial score (nSPS) is 10.9. The molecule has 0 bridgehead atoms. The maximum Gasteiger partial charge on any atom is 0.272 e. The summed E-state index contributed by atoms with van der Waals surface area (Å²) in [7, 11) is 0. The van der Waals surface area contributed by atoms with Crippen LogP contribution in [0.15, 0.2) is 18.3 Å². The van der Waals surface area contributed by atoms with Crippen LogP contribution in [0.4, 0.5) is 0 Å². The molecular weight excluding hydrogens is 315 g/mol. The first-order valence-corrected chi connectivity index (χ1v) is 6.45. The van der Waals surface area contributed by atoms with E-state index in [1.807, 2.05) is 44.7 Å². The van der Waals surface area contributed by atoms with Crippen molar-refractivity contribution in [1.82, 2.24) is 9.88 Å². The third-order valence-electron chi connectivity index (χ3n) is 2.29. The smallest absolute Gasteiger partial charge is 0.272 e. The summed E-state index contributed by atoms with van der Waals surface area (Å²) in [5, 5.41) is 0. The van der Waals surface area contributed by atoms with Crippen molar-refractivity contribution < 1.29 is 4.79 Å². The SMILES string of the molecule is CC(C)N(C(=O)c1cc(I)ccn1)C(C)C. The van der Waals surface area contributed by atoms with Crippen LogP contribution >= 0.6 is 22.6 Å². The summed E-state index contributed by atoms with van der Waals surface area (Å²) >= 11 is 2.19. The van der Waals surface area contributed by atoms with Gasteiger partial charge in [0.1, 0.15) is 5.69 Å². The highest BCUT2D eigenvalue weighted by Gasteiger charge is 2.22. The van der Waals surface area contributed by atoms with Crippen molar-refractivity contribution in [3.8, 4) is 0 Å². The number of pyridine rings is 1. The van der Waals surface area contributed by atoms with Gasteiger partial charge in [-0.1, -0.05) is 0 Å². The minimum atomic E-state index is 0.00326. The molecular formula is C12H17IN2O. The molecule has 0 saturated heterocycles. The molecule has 0 aliphatic carbocycles. The summed E-state index contributed by atoms with van der Waals surface area (Å²) in [5.74, 6) is 0.00326. The van der Waals surface area contributed by atoms with Gasteiger partial charge in [0.25, 0.3) is 5.91 Å². The van der Waals surface area contributed by atoms with E-state index in [0.717, 1.165) is 3.57 Å². The van der Waals surface area contributed by atoms with E-state index < -0.39 is 0 Å². The summed E-state index contributed by atoms with van der Waals surface area (Å²) in [4.78, 5) is 18.2. The van der Waals surface area contributed by atoms with Gasteiger partial charge in [0, 0.05) is 21.9 Å². The zero-order chi connectivity index (χ0) is 12.3. The van der Waals surface area contributed by atoms with Crippen molar-refractivity contribution in [2.45, 2.75) is 39.8 Å². The van der Waals surface area contributed by atoms with Crippen LogP contribution in [0.5, 0.6) is 0 Å². The second-order valence-corrected chi connectivity index (χ2v) is 5.50. The minimum absolute atomic E-state index is 0.00326. The molecule has 1 aromatic heterocycles. The van der Waals surface area contributed by atoms with E-state index in [1.54, 1.807) is 6.20 Å². The van der Waals surface area contributed by atoms with E-state index in [-0.39, 0.29) is 18.0 Å². The molecule has 16 heavy (non-hydrogen) atoms. The van der Waals surface area contributed by atoms with E-state index in [2.05, 4.69) is 27.6 Å². The first-order valence-electron chi connectivity index (χ1n) is 5.37. The first-order chi connectivity index (χ1) is 7.43. The molecule has 88 valence electrons. The van der Waals surface area contributed by atoms with E-state index >= 15 is 0 Å². The molecule has 1 aromatic rings. The number of amides is 1. The molecule has 0 saturated carbocycles. The quantitative estimate of drug-likeness (QED) is 0.798. The van der Waals surface area contributed by atoms with Gasteiger partial charge in [0.15, 0.2) is 0 Å². The fourth-order valence-corrected chi connectivity index (χ4v) is 2.18. The van der Waals surface area contributed by atoms with Gasteiger partial charge >= 0.3 is 0 Å². The number of rotatable bonds is 3. The molecule has 1 amide bonds. The summed E-state index contributed by atoms with van der Waals surface area (Å²) < 4.78 is 1.03. The van der Waals surface area contributed by atoms with Crippen LogP contribution < -0.4 is 0 Å².